The Bertz CT molecular complexity index is 500. The van der Waals surface area contributed by atoms with Gasteiger partial charge in [-0.2, -0.15) is 4.68 Å². The van der Waals surface area contributed by atoms with Crippen molar-refractivity contribution in [3.05, 3.63) is 29.0 Å². The number of ether oxygens (including phenoxy) is 1. The summed E-state index contributed by atoms with van der Waals surface area (Å²) in [6.45, 7) is -0.261. The van der Waals surface area contributed by atoms with Crippen molar-refractivity contribution >= 4 is 11.6 Å². The maximum Gasteiger partial charge on any atom is 0.182 e. The quantitative estimate of drug-likeness (QED) is 0.860. The molecular formula is C9H9ClN4O2. The van der Waals surface area contributed by atoms with Crippen LogP contribution in [-0.2, 0) is 6.61 Å². The van der Waals surface area contributed by atoms with Gasteiger partial charge < -0.3 is 9.84 Å². The van der Waals surface area contributed by atoms with E-state index in [2.05, 4.69) is 15.5 Å². The van der Waals surface area contributed by atoms with Crippen molar-refractivity contribution in [3.63, 3.8) is 0 Å². The third-order valence-corrected chi connectivity index (χ3v) is 2.28. The molecule has 0 aliphatic heterocycles. The molecule has 1 aromatic heterocycles. The minimum absolute atomic E-state index is 0.261. The van der Waals surface area contributed by atoms with E-state index < -0.39 is 0 Å². The van der Waals surface area contributed by atoms with E-state index in [1.807, 2.05) is 0 Å². The van der Waals surface area contributed by atoms with E-state index in [1.165, 1.54) is 11.8 Å². The number of halogens is 1. The van der Waals surface area contributed by atoms with Gasteiger partial charge in [-0.25, -0.2) is 0 Å². The van der Waals surface area contributed by atoms with Crippen LogP contribution in [0.1, 0.15) is 5.82 Å². The topological polar surface area (TPSA) is 73.1 Å². The number of tetrazole rings is 1. The molecule has 0 radical (unpaired) electrons. The Morgan fingerprint density at radius 3 is 3.00 bits per heavy atom. The van der Waals surface area contributed by atoms with Gasteiger partial charge in [0, 0.05) is 5.02 Å². The molecule has 0 amide bonds. The highest BCUT2D eigenvalue weighted by molar-refractivity contribution is 6.30. The van der Waals surface area contributed by atoms with E-state index in [4.69, 9.17) is 21.4 Å². The summed E-state index contributed by atoms with van der Waals surface area (Å²) in [5.41, 5.74) is 0.587. The Balaban J connectivity index is 2.58. The maximum atomic E-state index is 9.06. The predicted molar refractivity (Wildman–Crippen MR) is 56.6 cm³/mol. The lowest BCUT2D eigenvalue weighted by Gasteiger charge is -2.08. The summed E-state index contributed by atoms with van der Waals surface area (Å²) in [5.74, 6) is 0.895. The molecule has 0 spiro atoms. The number of hydrogen-bond acceptors (Lipinski definition) is 5. The summed E-state index contributed by atoms with van der Waals surface area (Å²) in [5, 5.41) is 20.5. The first-order valence-corrected chi connectivity index (χ1v) is 4.86. The summed E-state index contributed by atoms with van der Waals surface area (Å²) in [6.07, 6.45) is 0. The van der Waals surface area contributed by atoms with Crippen LogP contribution in [0, 0.1) is 0 Å². The van der Waals surface area contributed by atoms with Crippen LogP contribution >= 0.6 is 11.6 Å². The predicted octanol–water partition coefficient (Wildman–Crippen LogP) is 0.817. The number of aromatic nitrogens is 4. The highest BCUT2D eigenvalue weighted by Crippen LogP contribution is 2.26. The van der Waals surface area contributed by atoms with E-state index in [0.29, 0.717) is 22.3 Å². The van der Waals surface area contributed by atoms with Crippen LogP contribution in [-0.4, -0.2) is 32.4 Å². The van der Waals surface area contributed by atoms with Crippen molar-refractivity contribution in [2.24, 2.45) is 0 Å². The summed E-state index contributed by atoms with van der Waals surface area (Å²) < 4.78 is 6.55. The van der Waals surface area contributed by atoms with Crippen LogP contribution in [0.2, 0.25) is 5.02 Å². The van der Waals surface area contributed by atoms with E-state index in [1.54, 1.807) is 18.2 Å². The van der Waals surface area contributed by atoms with Gasteiger partial charge in [-0.15, -0.1) is 5.10 Å². The maximum absolute atomic E-state index is 9.06. The zero-order valence-corrected chi connectivity index (χ0v) is 9.22. The second-order valence-corrected chi connectivity index (χ2v) is 3.42. The molecule has 0 aliphatic carbocycles. The highest BCUT2D eigenvalue weighted by Gasteiger charge is 2.12. The van der Waals surface area contributed by atoms with E-state index in [0.717, 1.165) is 0 Å². The molecule has 7 heteroatoms. The normalized spacial score (nSPS) is 10.4. The van der Waals surface area contributed by atoms with Crippen LogP contribution in [0.15, 0.2) is 18.2 Å². The Morgan fingerprint density at radius 1 is 1.50 bits per heavy atom. The Labute approximate surface area is 96.4 Å². The van der Waals surface area contributed by atoms with Crippen molar-refractivity contribution in [1.29, 1.82) is 0 Å². The number of aliphatic hydroxyl groups is 1. The molecule has 2 rings (SSSR count). The first-order chi connectivity index (χ1) is 7.76. The largest absolute Gasteiger partial charge is 0.494 e. The lowest BCUT2D eigenvalue weighted by molar-refractivity contribution is 0.267. The van der Waals surface area contributed by atoms with Gasteiger partial charge in [0.2, 0.25) is 0 Å². The van der Waals surface area contributed by atoms with Crippen molar-refractivity contribution in [2.45, 2.75) is 6.61 Å². The molecule has 0 bridgehead atoms. The number of rotatable bonds is 3. The molecule has 6 nitrogen and oxygen atoms in total. The van der Waals surface area contributed by atoms with Crippen LogP contribution in [0.3, 0.4) is 0 Å². The summed E-state index contributed by atoms with van der Waals surface area (Å²) in [6, 6.07) is 5.07. The smallest absolute Gasteiger partial charge is 0.182 e. The second kappa shape index (κ2) is 4.46. The molecule has 0 fully saturated rings. The second-order valence-electron chi connectivity index (χ2n) is 2.98. The lowest BCUT2D eigenvalue weighted by Crippen LogP contribution is -2.05. The van der Waals surface area contributed by atoms with Crippen LogP contribution in [0.5, 0.6) is 5.75 Å². The molecule has 0 saturated heterocycles. The molecule has 0 aliphatic rings. The highest BCUT2D eigenvalue weighted by atomic mass is 35.5. The van der Waals surface area contributed by atoms with Gasteiger partial charge >= 0.3 is 0 Å². The van der Waals surface area contributed by atoms with Gasteiger partial charge in [-0.1, -0.05) is 11.6 Å². The van der Waals surface area contributed by atoms with Gasteiger partial charge in [0.05, 0.1) is 7.11 Å². The minimum atomic E-state index is -0.261. The first kappa shape index (κ1) is 10.8. The van der Waals surface area contributed by atoms with Crippen LogP contribution < -0.4 is 4.74 Å². The van der Waals surface area contributed by atoms with Gasteiger partial charge in [0.15, 0.2) is 5.82 Å². The number of aliphatic hydroxyl groups excluding tert-OH is 1. The average Bonchev–Trinajstić information content (AvgIpc) is 2.76. The Hall–Kier alpha value is -1.66. The Morgan fingerprint density at radius 2 is 2.31 bits per heavy atom. The van der Waals surface area contributed by atoms with Crippen molar-refractivity contribution in [2.75, 3.05) is 7.11 Å². The molecule has 16 heavy (non-hydrogen) atoms. The van der Waals surface area contributed by atoms with Gasteiger partial charge in [-0.3, -0.25) is 0 Å². The van der Waals surface area contributed by atoms with Crippen molar-refractivity contribution in [3.8, 4) is 11.4 Å². The first-order valence-electron chi connectivity index (χ1n) is 4.48. The molecule has 0 unspecified atom stereocenters. The molecule has 2 aromatic rings. The molecule has 1 N–H and O–H groups in total. The van der Waals surface area contributed by atoms with E-state index in [-0.39, 0.29) is 6.61 Å². The summed E-state index contributed by atoms with van der Waals surface area (Å²) in [4.78, 5) is 0. The molecule has 1 heterocycles. The van der Waals surface area contributed by atoms with Gasteiger partial charge in [0.25, 0.3) is 0 Å². The lowest BCUT2D eigenvalue weighted by atomic mass is 10.3. The zero-order valence-electron chi connectivity index (χ0n) is 8.46. The minimum Gasteiger partial charge on any atom is -0.494 e. The number of nitrogens with zero attached hydrogens (tertiary/aromatic N) is 4. The fourth-order valence-electron chi connectivity index (χ4n) is 1.32. The molecule has 1 aromatic carbocycles. The number of benzene rings is 1. The zero-order chi connectivity index (χ0) is 11.5. The van der Waals surface area contributed by atoms with Gasteiger partial charge in [0.1, 0.15) is 18.0 Å². The van der Waals surface area contributed by atoms with Gasteiger partial charge in [-0.05, 0) is 28.6 Å². The van der Waals surface area contributed by atoms with E-state index >= 15 is 0 Å². The summed E-state index contributed by atoms with van der Waals surface area (Å²) >= 11 is 5.89. The monoisotopic (exact) mass is 240 g/mol. The van der Waals surface area contributed by atoms with Crippen molar-refractivity contribution < 1.29 is 9.84 Å². The number of hydrogen-bond donors (Lipinski definition) is 1. The Kier molecular flexibility index (Phi) is 3.02. The van der Waals surface area contributed by atoms with Crippen LogP contribution in [0.25, 0.3) is 5.69 Å². The fraction of sp³-hybridized carbons (Fsp3) is 0.222. The molecular weight excluding hydrogens is 232 g/mol. The molecule has 0 saturated carbocycles. The SMILES string of the molecule is COc1ccc(Cl)cc1-n1nnnc1CO. The van der Waals surface area contributed by atoms with Crippen molar-refractivity contribution in [1.82, 2.24) is 20.2 Å². The molecule has 0 atom stereocenters. The number of methoxy groups -OCH3 is 1. The standard InChI is InChI=1S/C9H9ClN4O2/c1-16-8-3-2-6(10)4-7(8)14-9(5-15)11-12-13-14/h2-4,15H,5H2,1H3. The third-order valence-electron chi connectivity index (χ3n) is 2.04. The van der Waals surface area contributed by atoms with Crippen LogP contribution in [0.4, 0.5) is 0 Å². The molecule has 84 valence electrons. The van der Waals surface area contributed by atoms with E-state index in [9.17, 15) is 0 Å². The average molecular weight is 241 g/mol. The third kappa shape index (κ3) is 1.84. The fourth-order valence-corrected chi connectivity index (χ4v) is 1.49. The summed E-state index contributed by atoms with van der Waals surface area (Å²) in [7, 11) is 1.54.